The molecule has 0 spiro atoms. The van der Waals surface area contributed by atoms with Crippen LogP contribution >= 0.6 is 27.5 Å². The summed E-state index contributed by atoms with van der Waals surface area (Å²) >= 11 is 4.83. The second kappa shape index (κ2) is 5.19. The van der Waals surface area contributed by atoms with Crippen molar-refractivity contribution in [3.8, 4) is 0 Å². The van der Waals surface area contributed by atoms with Crippen molar-refractivity contribution in [2.75, 3.05) is 6.54 Å². The minimum Gasteiger partial charge on any atom is -0.304 e. The lowest BCUT2D eigenvalue weighted by molar-refractivity contribution is 0.570. The van der Waals surface area contributed by atoms with Crippen molar-refractivity contribution in [2.24, 2.45) is 7.05 Å². The van der Waals surface area contributed by atoms with E-state index in [0.29, 0.717) is 0 Å². The van der Waals surface area contributed by atoms with Crippen molar-refractivity contribution in [2.45, 2.75) is 19.9 Å². The highest BCUT2D eigenvalue weighted by Crippen LogP contribution is 2.29. The van der Waals surface area contributed by atoms with Crippen LogP contribution in [0.3, 0.4) is 0 Å². The fourth-order valence-corrected chi connectivity index (χ4v) is 2.95. The first-order valence-electron chi connectivity index (χ1n) is 5.22. The molecule has 2 heterocycles. The van der Waals surface area contributed by atoms with Gasteiger partial charge >= 0.3 is 0 Å². The Morgan fingerprint density at radius 3 is 2.71 bits per heavy atom. The Hall–Kier alpha value is -0.860. The molecule has 0 aliphatic carbocycles. The van der Waals surface area contributed by atoms with E-state index in [1.165, 1.54) is 11.5 Å². The van der Waals surface area contributed by atoms with Crippen molar-refractivity contribution in [1.82, 2.24) is 29.9 Å². The maximum atomic E-state index is 4.05. The van der Waals surface area contributed by atoms with Gasteiger partial charge in [-0.15, -0.1) is 10.2 Å². The summed E-state index contributed by atoms with van der Waals surface area (Å²) in [5.41, 5.74) is 1.93. The lowest BCUT2D eigenvalue weighted by Crippen LogP contribution is -2.24. The van der Waals surface area contributed by atoms with Gasteiger partial charge in [0.2, 0.25) is 0 Å². The molecular formula is C9H13BrN6S. The van der Waals surface area contributed by atoms with Crippen LogP contribution in [0.1, 0.15) is 29.2 Å². The third kappa shape index (κ3) is 2.38. The number of halogens is 1. The van der Waals surface area contributed by atoms with Crippen LogP contribution in [-0.2, 0) is 7.05 Å². The summed E-state index contributed by atoms with van der Waals surface area (Å²) in [6.07, 6.45) is 0. The number of nitrogens with zero attached hydrogens (tertiary/aromatic N) is 5. The summed E-state index contributed by atoms with van der Waals surface area (Å²) < 4.78 is 6.49. The third-order valence-electron chi connectivity index (χ3n) is 2.46. The molecule has 0 saturated carbocycles. The van der Waals surface area contributed by atoms with Gasteiger partial charge in [0.25, 0.3) is 0 Å². The van der Waals surface area contributed by atoms with Crippen molar-refractivity contribution >= 4 is 27.5 Å². The van der Waals surface area contributed by atoms with Crippen LogP contribution in [0.25, 0.3) is 0 Å². The molecule has 0 radical (unpaired) electrons. The molecule has 92 valence electrons. The maximum Gasteiger partial charge on any atom is 0.153 e. The standard InChI is InChI=1S/C9H13BrN6S/c1-4-11-6(8-5(2)12-15-17-8)7-9(10)13-14-16(7)3/h6,11H,4H2,1-3H3. The monoisotopic (exact) mass is 316 g/mol. The van der Waals surface area contributed by atoms with Crippen LogP contribution in [0.4, 0.5) is 0 Å². The molecule has 2 rings (SSSR count). The highest BCUT2D eigenvalue weighted by atomic mass is 79.9. The Morgan fingerprint density at radius 1 is 1.47 bits per heavy atom. The fraction of sp³-hybridized carbons (Fsp3) is 0.556. The fourth-order valence-electron chi connectivity index (χ4n) is 1.67. The molecule has 6 nitrogen and oxygen atoms in total. The second-order valence-electron chi connectivity index (χ2n) is 3.60. The Labute approximate surface area is 112 Å². The van der Waals surface area contributed by atoms with Crippen molar-refractivity contribution < 1.29 is 0 Å². The minimum atomic E-state index is 0.0226. The van der Waals surface area contributed by atoms with Crippen molar-refractivity contribution in [1.29, 1.82) is 0 Å². The van der Waals surface area contributed by atoms with Gasteiger partial charge in [0.1, 0.15) is 0 Å². The summed E-state index contributed by atoms with van der Waals surface area (Å²) in [5, 5.41) is 15.5. The molecule has 2 aromatic heterocycles. The van der Waals surface area contributed by atoms with E-state index in [1.807, 2.05) is 14.0 Å². The lowest BCUT2D eigenvalue weighted by atomic mass is 10.1. The van der Waals surface area contributed by atoms with Crippen LogP contribution < -0.4 is 5.32 Å². The summed E-state index contributed by atoms with van der Waals surface area (Å²) in [7, 11) is 1.88. The molecule has 0 amide bonds. The van der Waals surface area contributed by atoms with Gasteiger partial charge in [-0.05, 0) is 40.9 Å². The normalized spacial score (nSPS) is 12.9. The molecule has 2 aromatic rings. The quantitative estimate of drug-likeness (QED) is 0.924. The summed E-state index contributed by atoms with van der Waals surface area (Å²) in [6.45, 7) is 4.87. The minimum absolute atomic E-state index is 0.0226. The predicted octanol–water partition coefficient (Wildman–Crippen LogP) is 1.44. The zero-order valence-corrected chi connectivity index (χ0v) is 12.2. The molecule has 0 fully saturated rings. The Bertz CT molecular complexity index is 488. The first kappa shape index (κ1) is 12.6. The molecule has 0 aromatic carbocycles. The van der Waals surface area contributed by atoms with Crippen LogP contribution in [0.15, 0.2) is 4.60 Å². The largest absolute Gasteiger partial charge is 0.304 e. The van der Waals surface area contributed by atoms with Gasteiger partial charge in [-0.25, -0.2) is 4.68 Å². The molecular weight excluding hydrogens is 304 g/mol. The summed E-state index contributed by atoms with van der Waals surface area (Å²) in [4.78, 5) is 1.10. The molecule has 0 aliphatic rings. The number of rotatable bonds is 4. The average molecular weight is 317 g/mol. The van der Waals surface area contributed by atoms with Gasteiger partial charge < -0.3 is 5.32 Å². The molecule has 17 heavy (non-hydrogen) atoms. The van der Waals surface area contributed by atoms with E-state index in [-0.39, 0.29) is 6.04 Å². The zero-order chi connectivity index (χ0) is 12.4. The topological polar surface area (TPSA) is 68.5 Å². The van der Waals surface area contributed by atoms with E-state index in [4.69, 9.17) is 0 Å². The average Bonchev–Trinajstić information content (AvgIpc) is 2.84. The first-order valence-corrected chi connectivity index (χ1v) is 6.79. The number of aryl methyl sites for hydroxylation is 2. The van der Waals surface area contributed by atoms with Crippen molar-refractivity contribution in [3.63, 3.8) is 0 Å². The van der Waals surface area contributed by atoms with Crippen LogP contribution in [0.2, 0.25) is 0 Å². The summed E-state index contributed by atoms with van der Waals surface area (Å²) in [5.74, 6) is 0. The van der Waals surface area contributed by atoms with Gasteiger partial charge in [0, 0.05) is 7.05 Å². The van der Waals surface area contributed by atoms with Crippen LogP contribution in [0.5, 0.6) is 0 Å². The highest BCUT2D eigenvalue weighted by molar-refractivity contribution is 9.10. The highest BCUT2D eigenvalue weighted by Gasteiger charge is 2.24. The van der Waals surface area contributed by atoms with Gasteiger partial charge in [-0.2, -0.15) is 0 Å². The number of nitrogens with one attached hydrogen (secondary N) is 1. The second-order valence-corrected chi connectivity index (χ2v) is 5.14. The molecule has 1 atom stereocenters. The SMILES string of the molecule is CCNC(c1snnc1C)c1c(Br)nnn1C. The molecule has 0 aliphatic heterocycles. The van der Waals surface area contributed by atoms with Gasteiger partial charge in [-0.1, -0.05) is 16.6 Å². The molecule has 1 N–H and O–H groups in total. The lowest BCUT2D eigenvalue weighted by Gasteiger charge is -2.16. The van der Waals surface area contributed by atoms with E-state index >= 15 is 0 Å². The van der Waals surface area contributed by atoms with E-state index in [0.717, 1.165) is 27.4 Å². The Balaban J connectivity index is 2.46. The predicted molar refractivity (Wildman–Crippen MR) is 68.9 cm³/mol. The van der Waals surface area contributed by atoms with Crippen LogP contribution in [0, 0.1) is 6.92 Å². The molecule has 1 unspecified atom stereocenters. The van der Waals surface area contributed by atoms with E-state index < -0.39 is 0 Å². The number of hydrogen-bond donors (Lipinski definition) is 1. The molecule has 0 saturated heterocycles. The van der Waals surface area contributed by atoms with Gasteiger partial charge in [0.15, 0.2) is 4.60 Å². The Morgan fingerprint density at radius 2 is 2.24 bits per heavy atom. The molecule has 8 heteroatoms. The van der Waals surface area contributed by atoms with Gasteiger partial charge in [0.05, 0.1) is 22.3 Å². The van der Waals surface area contributed by atoms with Gasteiger partial charge in [-0.3, -0.25) is 0 Å². The van der Waals surface area contributed by atoms with E-state index in [1.54, 1.807) is 4.68 Å². The van der Waals surface area contributed by atoms with Crippen molar-refractivity contribution in [3.05, 3.63) is 20.9 Å². The number of aromatic nitrogens is 5. The smallest absolute Gasteiger partial charge is 0.153 e. The zero-order valence-electron chi connectivity index (χ0n) is 9.81. The third-order valence-corrected chi connectivity index (χ3v) is 3.91. The molecule has 0 bridgehead atoms. The van der Waals surface area contributed by atoms with E-state index in [9.17, 15) is 0 Å². The summed E-state index contributed by atoms with van der Waals surface area (Å²) in [6, 6.07) is 0.0226. The number of hydrogen-bond acceptors (Lipinski definition) is 6. The van der Waals surface area contributed by atoms with Crippen LogP contribution in [-0.4, -0.2) is 31.1 Å². The first-order chi connectivity index (χ1) is 8.15. The maximum absolute atomic E-state index is 4.05. The Kier molecular flexibility index (Phi) is 3.85. The van der Waals surface area contributed by atoms with E-state index in [2.05, 4.69) is 48.1 Å².